The number of H-pyrrole nitrogens is 2. The smallest absolute Gasteiger partial charge is 0.323 e. The lowest BCUT2D eigenvalue weighted by Gasteiger charge is -2.13. The average Bonchev–Trinajstić information content (AvgIpc) is 3.14. The van der Waals surface area contributed by atoms with Crippen LogP contribution in [0.5, 0.6) is 0 Å². The molecule has 1 aromatic heterocycles. The summed E-state index contributed by atoms with van der Waals surface area (Å²) >= 11 is 0. The van der Waals surface area contributed by atoms with Gasteiger partial charge in [-0.05, 0) is 48.4 Å². The number of aromatic amines is 2. The molecule has 4 N–H and O–H groups in total. The normalized spacial score (nSPS) is 11.4. The number of halogens is 1. The Bertz CT molecular complexity index is 1460. The van der Waals surface area contributed by atoms with Gasteiger partial charge in [-0.15, -0.1) is 0 Å². The third kappa shape index (κ3) is 4.54. The number of amides is 1. The highest BCUT2D eigenvalue weighted by molar-refractivity contribution is 7.92. The van der Waals surface area contributed by atoms with Crippen LogP contribution < -0.4 is 15.7 Å². The molecule has 0 atom stereocenters. The van der Waals surface area contributed by atoms with E-state index in [1.807, 2.05) is 0 Å². The van der Waals surface area contributed by atoms with E-state index in [1.54, 1.807) is 30.3 Å². The molecule has 0 radical (unpaired) electrons. The summed E-state index contributed by atoms with van der Waals surface area (Å²) in [5.74, 6) is -0.847. The van der Waals surface area contributed by atoms with Gasteiger partial charge >= 0.3 is 5.69 Å². The van der Waals surface area contributed by atoms with Crippen LogP contribution in [0, 0.1) is 5.82 Å². The zero-order chi connectivity index (χ0) is 22.7. The van der Waals surface area contributed by atoms with Crippen LogP contribution in [0.3, 0.4) is 0 Å². The second-order valence-electron chi connectivity index (χ2n) is 7.03. The fourth-order valence-electron chi connectivity index (χ4n) is 3.26. The number of imidazole rings is 1. The number of sulfonamides is 1. The largest absolute Gasteiger partial charge is 0.352 e. The molecule has 8 nitrogen and oxygen atoms in total. The summed E-state index contributed by atoms with van der Waals surface area (Å²) in [7, 11) is -4.04. The summed E-state index contributed by atoms with van der Waals surface area (Å²) in [6, 6.07) is 16.6. The molecular weight excluding hydrogens is 435 g/mol. The summed E-state index contributed by atoms with van der Waals surface area (Å²) < 4.78 is 41.9. The van der Waals surface area contributed by atoms with Gasteiger partial charge in [0, 0.05) is 6.54 Å². The Morgan fingerprint density at radius 3 is 2.47 bits per heavy atom. The minimum Gasteiger partial charge on any atom is -0.352 e. The van der Waals surface area contributed by atoms with E-state index in [-0.39, 0.29) is 28.5 Å². The topological polar surface area (TPSA) is 124 Å². The standard InChI is InChI=1S/C22H19FN4O4S/c23-17-7-3-1-5-14(17)11-12-24-21(28)16-6-2-4-8-18(16)27-32(30,31)15-9-10-19-20(13-15)26-22(29)25-19/h1-10,13,27H,11-12H2,(H,24,28)(H2,25,26,29). The average molecular weight is 454 g/mol. The van der Waals surface area contributed by atoms with Crippen LogP contribution in [0.1, 0.15) is 15.9 Å². The Balaban J connectivity index is 1.51. The first-order valence-corrected chi connectivity index (χ1v) is 11.2. The van der Waals surface area contributed by atoms with Crippen molar-refractivity contribution in [1.29, 1.82) is 0 Å². The van der Waals surface area contributed by atoms with Crippen LogP contribution >= 0.6 is 0 Å². The van der Waals surface area contributed by atoms with Crippen LogP contribution in [-0.4, -0.2) is 30.8 Å². The zero-order valence-corrected chi connectivity index (χ0v) is 17.5. The zero-order valence-electron chi connectivity index (χ0n) is 16.7. The summed E-state index contributed by atoms with van der Waals surface area (Å²) in [6.07, 6.45) is 0.293. The van der Waals surface area contributed by atoms with Crippen molar-refractivity contribution in [1.82, 2.24) is 15.3 Å². The number of carbonyl (C=O) groups excluding carboxylic acids is 1. The fraction of sp³-hybridized carbons (Fsp3) is 0.0909. The van der Waals surface area contributed by atoms with E-state index in [0.717, 1.165) is 0 Å². The molecule has 4 rings (SSSR count). The van der Waals surface area contributed by atoms with Gasteiger partial charge in [-0.25, -0.2) is 17.6 Å². The quantitative estimate of drug-likeness (QED) is 0.343. The van der Waals surface area contributed by atoms with Gasteiger partial charge in [0.05, 0.1) is 27.2 Å². The van der Waals surface area contributed by atoms with Crippen LogP contribution in [0.25, 0.3) is 11.0 Å². The molecule has 0 bridgehead atoms. The third-order valence-corrected chi connectivity index (χ3v) is 6.21. The van der Waals surface area contributed by atoms with Crippen molar-refractivity contribution in [2.75, 3.05) is 11.3 Å². The molecule has 0 aliphatic rings. The highest BCUT2D eigenvalue weighted by atomic mass is 32.2. The van der Waals surface area contributed by atoms with E-state index in [2.05, 4.69) is 20.0 Å². The lowest BCUT2D eigenvalue weighted by Crippen LogP contribution is -2.27. The minimum absolute atomic E-state index is 0.0741. The first-order chi connectivity index (χ1) is 15.3. The Kier molecular flexibility index (Phi) is 5.78. The molecule has 3 aromatic carbocycles. The van der Waals surface area contributed by atoms with E-state index < -0.39 is 21.6 Å². The van der Waals surface area contributed by atoms with E-state index in [9.17, 15) is 22.4 Å². The second kappa shape index (κ2) is 8.67. The lowest BCUT2D eigenvalue weighted by molar-refractivity contribution is 0.0955. The maximum atomic E-state index is 13.7. The van der Waals surface area contributed by atoms with E-state index >= 15 is 0 Å². The first kappa shape index (κ1) is 21.3. The molecule has 1 amide bonds. The molecule has 4 aromatic rings. The van der Waals surface area contributed by atoms with Gasteiger partial charge in [0.2, 0.25) is 0 Å². The van der Waals surface area contributed by atoms with Crippen molar-refractivity contribution >= 4 is 32.7 Å². The molecule has 0 unspecified atom stereocenters. The molecule has 0 spiro atoms. The Morgan fingerprint density at radius 1 is 0.938 bits per heavy atom. The fourth-order valence-corrected chi connectivity index (χ4v) is 4.37. The number of hydrogen-bond donors (Lipinski definition) is 4. The number of carbonyl (C=O) groups is 1. The Labute approximate surface area is 182 Å². The number of hydrogen-bond acceptors (Lipinski definition) is 4. The summed E-state index contributed by atoms with van der Waals surface area (Å²) in [5, 5.41) is 2.68. The highest BCUT2D eigenvalue weighted by Crippen LogP contribution is 2.22. The van der Waals surface area contributed by atoms with Crippen LogP contribution in [0.4, 0.5) is 10.1 Å². The van der Waals surface area contributed by atoms with Crippen LogP contribution in [0.15, 0.2) is 76.4 Å². The van der Waals surface area contributed by atoms with Gasteiger partial charge in [-0.2, -0.15) is 0 Å². The molecule has 0 saturated heterocycles. The molecule has 0 aliphatic heterocycles. The third-order valence-electron chi connectivity index (χ3n) is 4.85. The van der Waals surface area contributed by atoms with Gasteiger partial charge in [0.15, 0.2) is 0 Å². The predicted molar refractivity (Wildman–Crippen MR) is 119 cm³/mol. The number of aromatic nitrogens is 2. The van der Waals surface area contributed by atoms with Crippen molar-refractivity contribution in [2.45, 2.75) is 11.3 Å². The molecule has 164 valence electrons. The Hall–Kier alpha value is -3.92. The molecule has 0 saturated carbocycles. The van der Waals surface area contributed by atoms with Crippen LogP contribution in [0.2, 0.25) is 0 Å². The van der Waals surface area contributed by atoms with Crippen molar-refractivity contribution in [3.05, 3.63) is 94.2 Å². The number of rotatable bonds is 7. The molecule has 32 heavy (non-hydrogen) atoms. The molecule has 10 heteroatoms. The monoisotopic (exact) mass is 454 g/mol. The van der Waals surface area contributed by atoms with E-state index in [1.165, 1.54) is 36.4 Å². The molecule has 0 fully saturated rings. The predicted octanol–water partition coefficient (Wildman–Crippen LogP) is 2.77. The number of nitrogens with one attached hydrogen (secondary N) is 4. The number of para-hydroxylation sites is 1. The van der Waals surface area contributed by atoms with Gasteiger partial charge in [-0.3, -0.25) is 9.52 Å². The van der Waals surface area contributed by atoms with E-state index in [0.29, 0.717) is 23.0 Å². The minimum atomic E-state index is -4.04. The molecular formula is C22H19FN4O4S. The van der Waals surface area contributed by atoms with Crippen LogP contribution in [-0.2, 0) is 16.4 Å². The first-order valence-electron chi connectivity index (χ1n) is 9.69. The maximum absolute atomic E-state index is 13.7. The summed E-state index contributed by atoms with van der Waals surface area (Å²) in [4.78, 5) is 29.1. The van der Waals surface area contributed by atoms with Gasteiger partial charge in [-0.1, -0.05) is 30.3 Å². The lowest BCUT2D eigenvalue weighted by atomic mass is 10.1. The van der Waals surface area contributed by atoms with Crippen molar-refractivity contribution in [3.63, 3.8) is 0 Å². The van der Waals surface area contributed by atoms with Gasteiger partial charge in [0.25, 0.3) is 15.9 Å². The number of fused-ring (bicyclic) bond motifs is 1. The van der Waals surface area contributed by atoms with E-state index in [4.69, 9.17) is 0 Å². The van der Waals surface area contributed by atoms with Gasteiger partial charge in [0.1, 0.15) is 5.82 Å². The summed E-state index contributed by atoms with van der Waals surface area (Å²) in [5.41, 5.74) is 1.07. The SMILES string of the molecule is O=C(NCCc1ccccc1F)c1ccccc1NS(=O)(=O)c1ccc2[nH]c(=O)[nH]c2c1. The molecule has 0 aliphatic carbocycles. The van der Waals surface area contributed by atoms with Crippen molar-refractivity contribution < 1.29 is 17.6 Å². The van der Waals surface area contributed by atoms with Crippen molar-refractivity contribution in [3.8, 4) is 0 Å². The highest BCUT2D eigenvalue weighted by Gasteiger charge is 2.19. The molecule has 1 heterocycles. The Morgan fingerprint density at radius 2 is 1.66 bits per heavy atom. The van der Waals surface area contributed by atoms with Gasteiger partial charge < -0.3 is 15.3 Å². The number of benzene rings is 3. The second-order valence-corrected chi connectivity index (χ2v) is 8.72. The van der Waals surface area contributed by atoms with Crippen molar-refractivity contribution in [2.24, 2.45) is 0 Å². The summed E-state index contributed by atoms with van der Waals surface area (Å²) in [6.45, 7) is 0.179. The maximum Gasteiger partial charge on any atom is 0.323 e. The number of anilines is 1.